The number of nitrogens with one attached hydrogen (secondary N) is 3. The average molecular weight is 329 g/mol. The van der Waals surface area contributed by atoms with Crippen LogP contribution >= 0.6 is 0 Å². The molecule has 1 aliphatic heterocycles. The molecule has 1 atom stereocenters. The van der Waals surface area contributed by atoms with Crippen LogP contribution in [0.4, 0.5) is 4.79 Å². The first-order valence-corrected chi connectivity index (χ1v) is 8.18. The molecule has 1 unspecified atom stereocenters. The number of β-amino-alcohol motifs (C(OH)–C–C–N with tert-alkyl or cyclic N) is 1. The molecule has 7 nitrogen and oxygen atoms in total. The van der Waals surface area contributed by atoms with Crippen LogP contribution in [0, 0.1) is 0 Å². The quantitative estimate of drug-likeness (QED) is 0.625. The fourth-order valence-electron chi connectivity index (χ4n) is 2.90. The number of H-pyrrole nitrogens is 1. The van der Waals surface area contributed by atoms with Gasteiger partial charge in [0, 0.05) is 32.4 Å². The van der Waals surface area contributed by atoms with E-state index in [4.69, 9.17) is 0 Å². The summed E-state index contributed by atoms with van der Waals surface area (Å²) in [5.41, 5.74) is 3.54. The number of rotatable bonds is 6. The van der Waals surface area contributed by atoms with Crippen molar-refractivity contribution in [1.82, 2.24) is 25.7 Å². The smallest absolute Gasteiger partial charge is 0.315 e. The van der Waals surface area contributed by atoms with Gasteiger partial charge in [-0.05, 0) is 23.6 Å². The van der Waals surface area contributed by atoms with Gasteiger partial charge in [0.05, 0.1) is 18.3 Å². The SMILES string of the molecule is O=C(NCc1ccn[nH]1)NCC(O)CN1CCc2ccccc2C1. The lowest BCUT2D eigenvalue weighted by Crippen LogP contribution is -2.44. The normalized spacial score (nSPS) is 15.5. The maximum absolute atomic E-state index is 11.7. The first-order chi connectivity index (χ1) is 11.7. The third-order valence-corrected chi connectivity index (χ3v) is 4.17. The monoisotopic (exact) mass is 329 g/mol. The summed E-state index contributed by atoms with van der Waals surface area (Å²) in [6.07, 6.45) is 2.05. The Morgan fingerprint density at radius 3 is 2.92 bits per heavy atom. The highest BCUT2D eigenvalue weighted by molar-refractivity contribution is 5.73. The number of hydrogen-bond donors (Lipinski definition) is 4. The summed E-state index contributed by atoms with van der Waals surface area (Å²) in [6.45, 7) is 2.94. The van der Waals surface area contributed by atoms with Gasteiger partial charge >= 0.3 is 6.03 Å². The summed E-state index contributed by atoms with van der Waals surface area (Å²) < 4.78 is 0. The number of aliphatic hydroxyl groups excluding tert-OH is 1. The molecule has 0 bridgehead atoms. The predicted molar refractivity (Wildman–Crippen MR) is 90.3 cm³/mol. The maximum Gasteiger partial charge on any atom is 0.315 e. The van der Waals surface area contributed by atoms with E-state index >= 15 is 0 Å². The van der Waals surface area contributed by atoms with Crippen molar-refractivity contribution in [1.29, 1.82) is 0 Å². The first-order valence-electron chi connectivity index (χ1n) is 8.18. The molecule has 0 fully saturated rings. The van der Waals surface area contributed by atoms with E-state index in [-0.39, 0.29) is 12.6 Å². The van der Waals surface area contributed by atoms with Crippen molar-refractivity contribution in [3.63, 3.8) is 0 Å². The van der Waals surface area contributed by atoms with Crippen molar-refractivity contribution in [3.8, 4) is 0 Å². The number of aromatic nitrogens is 2. The van der Waals surface area contributed by atoms with Gasteiger partial charge in [0.1, 0.15) is 0 Å². The maximum atomic E-state index is 11.7. The Labute approximate surface area is 141 Å². The molecule has 0 aliphatic carbocycles. The van der Waals surface area contributed by atoms with E-state index in [9.17, 15) is 9.90 Å². The molecule has 4 N–H and O–H groups in total. The second-order valence-corrected chi connectivity index (χ2v) is 6.05. The molecule has 2 aromatic rings. The number of hydrogen-bond acceptors (Lipinski definition) is 4. The molecular weight excluding hydrogens is 306 g/mol. The Balaban J connectivity index is 1.37. The van der Waals surface area contributed by atoms with E-state index in [1.807, 2.05) is 6.07 Å². The van der Waals surface area contributed by atoms with Crippen LogP contribution < -0.4 is 10.6 Å². The number of urea groups is 1. The lowest BCUT2D eigenvalue weighted by molar-refractivity contribution is 0.105. The molecule has 0 spiro atoms. The molecule has 2 heterocycles. The number of aliphatic hydroxyl groups is 1. The van der Waals surface area contributed by atoms with Crippen molar-refractivity contribution in [2.24, 2.45) is 0 Å². The van der Waals surface area contributed by atoms with Gasteiger partial charge in [-0.2, -0.15) is 5.10 Å². The van der Waals surface area contributed by atoms with Crippen molar-refractivity contribution in [2.45, 2.75) is 25.6 Å². The van der Waals surface area contributed by atoms with Crippen LogP contribution in [0.2, 0.25) is 0 Å². The zero-order valence-electron chi connectivity index (χ0n) is 13.5. The molecule has 24 heavy (non-hydrogen) atoms. The van der Waals surface area contributed by atoms with Crippen LogP contribution in [0.3, 0.4) is 0 Å². The van der Waals surface area contributed by atoms with Gasteiger partial charge in [-0.3, -0.25) is 10.00 Å². The third-order valence-electron chi connectivity index (χ3n) is 4.17. The molecule has 1 aromatic heterocycles. The summed E-state index contributed by atoms with van der Waals surface area (Å²) in [7, 11) is 0. The van der Waals surface area contributed by atoms with Gasteiger partial charge in [-0.25, -0.2) is 4.79 Å². The summed E-state index contributed by atoms with van der Waals surface area (Å²) >= 11 is 0. The van der Waals surface area contributed by atoms with Crippen molar-refractivity contribution in [2.75, 3.05) is 19.6 Å². The summed E-state index contributed by atoms with van der Waals surface area (Å²) in [5, 5.41) is 22.1. The highest BCUT2D eigenvalue weighted by atomic mass is 16.3. The van der Waals surface area contributed by atoms with Gasteiger partial charge in [0.15, 0.2) is 0 Å². The molecule has 0 saturated heterocycles. The minimum Gasteiger partial charge on any atom is -0.390 e. The molecule has 128 valence electrons. The molecule has 0 radical (unpaired) electrons. The molecule has 2 amide bonds. The van der Waals surface area contributed by atoms with Crippen LogP contribution in [0.5, 0.6) is 0 Å². The van der Waals surface area contributed by atoms with E-state index in [0.717, 1.165) is 25.2 Å². The molecule has 7 heteroatoms. The van der Waals surface area contributed by atoms with Crippen LogP contribution in [-0.2, 0) is 19.5 Å². The molecular formula is C17H23N5O2. The number of fused-ring (bicyclic) bond motifs is 1. The van der Waals surface area contributed by atoms with Crippen LogP contribution in [0.15, 0.2) is 36.5 Å². The van der Waals surface area contributed by atoms with Gasteiger partial charge in [-0.1, -0.05) is 24.3 Å². The second kappa shape index (κ2) is 7.94. The number of carbonyl (C=O) groups is 1. The zero-order chi connectivity index (χ0) is 16.8. The minimum atomic E-state index is -0.590. The molecule has 0 saturated carbocycles. The average Bonchev–Trinajstić information content (AvgIpc) is 3.11. The van der Waals surface area contributed by atoms with Crippen LogP contribution in [0.1, 0.15) is 16.8 Å². The number of aromatic amines is 1. The van der Waals surface area contributed by atoms with Crippen molar-refractivity contribution < 1.29 is 9.90 Å². The summed E-state index contributed by atoms with van der Waals surface area (Å²) in [5.74, 6) is 0. The number of benzene rings is 1. The fraction of sp³-hybridized carbons (Fsp3) is 0.412. The van der Waals surface area contributed by atoms with Gasteiger partial charge in [0.2, 0.25) is 0 Å². The molecule has 1 aromatic carbocycles. The Bertz CT molecular complexity index is 659. The summed E-state index contributed by atoms with van der Waals surface area (Å²) in [6, 6.07) is 9.90. The van der Waals surface area contributed by atoms with Gasteiger partial charge < -0.3 is 15.7 Å². The lowest BCUT2D eigenvalue weighted by atomic mass is 10.00. The van der Waals surface area contributed by atoms with E-state index < -0.39 is 6.10 Å². The van der Waals surface area contributed by atoms with Crippen LogP contribution in [0.25, 0.3) is 0 Å². The van der Waals surface area contributed by atoms with Crippen molar-refractivity contribution >= 4 is 6.03 Å². The highest BCUT2D eigenvalue weighted by Gasteiger charge is 2.18. The Morgan fingerprint density at radius 1 is 1.29 bits per heavy atom. The van der Waals surface area contributed by atoms with E-state index in [0.29, 0.717) is 13.1 Å². The third kappa shape index (κ3) is 4.56. The number of amides is 2. The fourth-order valence-corrected chi connectivity index (χ4v) is 2.90. The highest BCUT2D eigenvalue weighted by Crippen LogP contribution is 2.18. The molecule has 1 aliphatic rings. The van der Waals surface area contributed by atoms with E-state index in [1.165, 1.54) is 11.1 Å². The van der Waals surface area contributed by atoms with Crippen molar-refractivity contribution in [3.05, 3.63) is 53.3 Å². The molecule has 3 rings (SSSR count). The van der Waals surface area contributed by atoms with Crippen LogP contribution in [-0.4, -0.2) is 52.0 Å². The van der Waals surface area contributed by atoms with Gasteiger partial charge in [0.25, 0.3) is 0 Å². The zero-order valence-corrected chi connectivity index (χ0v) is 13.5. The topological polar surface area (TPSA) is 93.3 Å². The van der Waals surface area contributed by atoms with E-state index in [2.05, 4.69) is 43.9 Å². The second-order valence-electron chi connectivity index (χ2n) is 6.05. The van der Waals surface area contributed by atoms with E-state index in [1.54, 1.807) is 12.3 Å². The first kappa shape index (κ1) is 16.5. The largest absolute Gasteiger partial charge is 0.390 e. The Hall–Kier alpha value is -2.38. The number of carbonyl (C=O) groups excluding carboxylic acids is 1. The summed E-state index contributed by atoms with van der Waals surface area (Å²) in [4.78, 5) is 13.9. The lowest BCUT2D eigenvalue weighted by Gasteiger charge is -2.30. The Morgan fingerprint density at radius 2 is 2.12 bits per heavy atom. The number of nitrogens with zero attached hydrogens (tertiary/aromatic N) is 2. The standard InChI is InChI=1S/C17H23N5O2/c23-16(10-19-17(24)18-9-15-5-7-20-21-15)12-22-8-6-13-3-1-2-4-14(13)11-22/h1-5,7,16,23H,6,8-12H2,(H,20,21)(H2,18,19,24). The minimum absolute atomic E-state index is 0.229. The van der Waals surface area contributed by atoms with Gasteiger partial charge in [-0.15, -0.1) is 0 Å². The Kier molecular flexibility index (Phi) is 5.45. The predicted octanol–water partition coefficient (Wildman–Crippen LogP) is 0.628.